The number of carboxylic acid groups (broad SMARTS) is 1. The number of hydrogen-bond donors (Lipinski definition) is 1. The quantitative estimate of drug-likeness (QED) is 0.536. The second kappa shape index (κ2) is 7.59. The van der Waals surface area contributed by atoms with Gasteiger partial charge in [0.1, 0.15) is 17.0 Å². The van der Waals surface area contributed by atoms with Crippen LogP contribution in [0.1, 0.15) is 10.4 Å². The Morgan fingerprint density at radius 3 is 1.76 bits per heavy atom. The minimum atomic E-state index is -1.04. The lowest BCUT2D eigenvalue weighted by Crippen LogP contribution is -2.02. The number of rotatable bonds is 5. The molecule has 0 saturated heterocycles. The maximum Gasteiger partial charge on any atom is 0.337 e. The van der Waals surface area contributed by atoms with E-state index in [0.29, 0.717) is 22.4 Å². The fraction of sp³-hybridized carbons (Fsp3) is 0.0870. The maximum absolute atomic E-state index is 11.7. The molecule has 0 amide bonds. The largest absolute Gasteiger partial charge is 0.497 e. The van der Waals surface area contributed by atoms with E-state index < -0.39 is 5.97 Å². The zero-order chi connectivity index (χ0) is 20.4. The first kappa shape index (κ1) is 18.4. The molecule has 0 aliphatic rings. The third kappa shape index (κ3) is 3.48. The number of carbonyl (C=O) groups is 1. The van der Waals surface area contributed by atoms with Crippen LogP contribution in [-0.4, -0.2) is 35.3 Å². The lowest BCUT2D eigenvalue weighted by atomic mass is 10.0. The van der Waals surface area contributed by atoms with Crippen molar-refractivity contribution >= 4 is 17.0 Å². The molecule has 0 fully saturated rings. The fourth-order valence-corrected chi connectivity index (χ4v) is 3.15. The van der Waals surface area contributed by atoms with Crippen LogP contribution >= 0.6 is 0 Å². The van der Waals surface area contributed by atoms with Gasteiger partial charge in [-0.05, 0) is 60.7 Å². The van der Waals surface area contributed by atoms with Crippen molar-refractivity contribution in [3.8, 4) is 34.0 Å². The van der Waals surface area contributed by atoms with Crippen LogP contribution in [-0.2, 0) is 0 Å². The molecule has 0 atom stereocenters. The number of carboxylic acids is 1. The predicted octanol–water partition coefficient (Wildman–Crippen LogP) is 4.68. The molecule has 29 heavy (non-hydrogen) atoms. The summed E-state index contributed by atoms with van der Waals surface area (Å²) in [6.07, 6.45) is 0. The highest BCUT2D eigenvalue weighted by molar-refractivity contribution is 6.02. The van der Waals surface area contributed by atoms with Crippen LogP contribution in [0.5, 0.6) is 11.5 Å². The fourth-order valence-electron chi connectivity index (χ4n) is 3.15. The second-order valence-corrected chi connectivity index (χ2v) is 6.36. The lowest BCUT2D eigenvalue weighted by Gasteiger charge is -2.12. The molecule has 0 aliphatic heterocycles. The average molecular weight is 386 g/mol. The highest BCUT2D eigenvalue weighted by Gasteiger charge is 2.17. The van der Waals surface area contributed by atoms with Gasteiger partial charge in [0.05, 0.1) is 36.7 Å². The number of nitrogens with zero attached hydrogens (tertiary/aromatic N) is 2. The zero-order valence-electron chi connectivity index (χ0n) is 15.9. The molecule has 0 radical (unpaired) electrons. The van der Waals surface area contributed by atoms with E-state index in [0.717, 1.165) is 22.6 Å². The Kier molecular flexibility index (Phi) is 4.83. The van der Waals surface area contributed by atoms with Crippen LogP contribution in [0.25, 0.3) is 33.5 Å². The van der Waals surface area contributed by atoms with Crippen molar-refractivity contribution in [2.45, 2.75) is 0 Å². The van der Waals surface area contributed by atoms with Crippen molar-refractivity contribution in [2.75, 3.05) is 14.2 Å². The van der Waals surface area contributed by atoms with E-state index in [9.17, 15) is 9.90 Å². The summed E-state index contributed by atoms with van der Waals surface area (Å²) < 4.78 is 10.5. The number of methoxy groups -OCH3 is 2. The zero-order valence-corrected chi connectivity index (χ0v) is 15.9. The predicted molar refractivity (Wildman–Crippen MR) is 110 cm³/mol. The summed E-state index contributed by atoms with van der Waals surface area (Å²) in [5.74, 6) is 0.421. The van der Waals surface area contributed by atoms with E-state index in [1.807, 2.05) is 48.5 Å². The Hall–Kier alpha value is -3.93. The van der Waals surface area contributed by atoms with Gasteiger partial charge in [0, 0.05) is 11.1 Å². The summed E-state index contributed by atoms with van der Waals surface area (Å²) in [6, 6.07) is 19.9. The molecule has 0 saturated carbocycles. The van der Waals surface area contributed by atoms with Crippen LogP contribution in [0.4, 0.5) is 0 Å². The van der Waals surface area contributed by atoms with Gasteiger partial charge in [-0.3, -0.25) is 0 Å². The van der Waals surface area contributed by atoms with Crippen LogP contribution in [0.2, 0.25) is 0 Å². The van der Waals surface area contributed by atoms with Gasteiger partial charge in [-0.2, -0.15) is 0 Å². The summed E-state index contributed by atoms with van der Waals surface area (Å²) in [5, 5.41) is 9.56. The topological polar surface area (TPSA) is 81.5 Å². The molecule has 1 heterocycles. The average Bonchev–Trinajstić information content (AvgIpc) is 2.77. The number of para-hydroxylation sites is 1. The normalized spacial score (nSPS) is 10.7. The Morgan fingerprint density at radius 2 is 1.28 bits per heavy atom. The summed E-state index contributed by atoms with van der Waals surface area (Å²) >= 11 is 0. The number of aromatic carboxylic acids is 1. The first-order chi connectivity index (χ1) is 14.1. The van der Waals surface area contributed by atoms with Crippen molar-refractivity contribution in [2.24, 2.45) is 0 Å². The first-order valence-electron chi connectivity index (χ1n) is 8.93. The molecule has 0 aliphatic carbocycles. The Balaban J connectivity index is 1.99. The molecule has 0 spiro atoms. The van der Waals surface area contributed by atoms with E-state index in [1.54, 1.807) is 26.4 Å². The summed E-state index contributed by atoms with van der Waals surface area (Å²) in [7, 11) is 3.22. The van der Waals surface area contributed by atoms with E-state index in [1.165, 1.54) is 6.07 Å². The van der Waals surface area contributed by atoms with Gasteiger partial charge < -0.3 is 14.6 Å². The van der Waals surface area contributed by atoms with Crippen molar-refractivity contribution in [1.82, 2.24) is 9.97 Å². The molecule has 6 heteroatoms. The molecule has 6 nitrogen and oxygen atoms in total. The lowest BCUT2D eigenvalue weighted by molar-refractivity contribution is 0.0699. The van der Waals surface area contributed by atoms with Gasteiger partial charge in [-0.15, -0.1) is 0 Å². The molecular formula is C23H18N2O4. The molecule has 1 N–H and O–H groups in total. The van der Waals surface area contributed by atoms with E-state index in [2.05, 4.69) is 0 Å². The van der Waals surface area contributed by atoms with Crippen LogP contribution in [0.15, 0.2) is 66.7 Å². The minimum absolute atomic E-state index is 0.117. The SMILES string of the molecule is COc1ccc(-c2nc3cccc(C(=O)O)c3nc2-c2ccc(OC)cc2)cc1. The van der Waals surface area contributed by atoms with Gasteiger partial charge in [-0.1, -0.05) is 6.07 Å². The molecule has 144 valence electrons. The number of ether oxygens (including phenoxy) is 2. The minimum Gasteiger partial charge on any atom is -0.497 e. The van der Waals surface area contributed by atoms with Crippen LogP contribution in [0, 0.1) is 0 Å². The molecule has 0 bridgehead atoms. The van der Waals surface area contributed by atoms with Crippen molar-refractivity contribution in [1.29, 1.82) is 0 Å². The van der Waals surface area contributed by atoms with Crippen LogP contribution in [0.3, 0.4) is 0 Å². The van der Waals surface area contributed by atoms with Crippen LogP contribution < -0.4 is 9.47 Å². The van der Waals surface area contributed by atoms with Crippen molar-refractivity contribution < 1.29 is 19.4 Å². The monoisotopic (exact) mass is 386 g/mol. The Bertz CT molecular complexity index is 1190. The maximum atomic E-state index is 11.7. The molecule has 3 aromatic carbocycles. The third-order valence-electron chi connectivity index (χ3n) is 4.65. The highest BCUT2D eigenvalue weighted by atomic mass is 16.5. The molecular weight excluding hydrogens is 368 g/mol. The van der Waals surface area contributed by atoms with Crippen molar-refractivity contribution in [3.05, 3.63) is 72.3 Å². The Morgan fingerprint density at radius 1 is 0.759 bits per heavy atom. The Labute approximate surface area is 167 Å². The highest BCUT2D eigenvalue weighted by Crippen LogP contribution is 2.33. The number of aromatic nitrogens is 2. The van der Waals surface area contributed by atoms with E-state index in [4.69, 9.17) is 19.4 Å². The van der Waals surface area contributed by atoms with Gasteiger partial charge in [0.25, 0.3) is 0 Å². The van der Waals surface area contributed by atoms with Gasteiger partial charge in [0.15, 0.2) is 0 Å². The summed E-state index contributed by atoms with van der Waals surface area (Å²) in [5.41, 5.74) is 3.91. The number of hydrogen-bond acceptors (Lipinski definition) is 5. The molecule has 1 aromatic heterocycles. The standard InChI is InChI=1S/C23H18N2O4/c1-28-16-10-6-14(7-11-16)20-21(15-8-12-17(29-2)13-9-15)25-22-18(23(26)27)4-3-5-19(22)24-20/h3-13H,1-2H3,(H,26,27). The summed E-state index contributed by atoms with van der Waals surface area (Å²) in [6.45, 7) is 0. The first-order valence-corrected chi connectivity index (χ1v) is 8.93. The van der Waals surface area contributed by atoms with Gasteiger partial charge >= 0.3 is 5.97 Å². The van der Waals surface area contributed by atoms with E-state index in [-0.39, 0.29) is 5.56 Å². The van der Waals surface area contributed by atoms with Gasteiger partial charge in [0.2, 0.25) is 0 Å². The van der Waals surface area contributed by atoms with Gasteiger partial charge in [-0.25, -0.2) is 14.8 Å². The molecule has 4 aromatic rings. The second-order valence-electron chi connectivity index (χ2n) is 6.36. The van der Waals surface area contributed by atoms with E-state index >= 15 is 0 Å². The molecule has 0 unspecified atom stereocenters. The molecule has 4 rings (SSSR count). The smallest absolute Gasteiger partial charge is 0.337 e. The van der Waals surface area contributed by atoms with Crippen molar-refractivity contribution in [3.63, 3.8) is 0 Å². The summed E-state index contributed by atoms with van der Waals surface area (Å²) in [4.78, 5) is 21.2. The third-order valence-corrected chi connectivity index (χ3v) is 4.65. The number of fused-ring (bicyclic) bond motifs is 1. The number of benzene rings is 3.